The summed E-state index contributed by atoms with van der Waals surface area (Å²) in [5.74, 6) is -0.537. The number of hydrogen-bond donors (Lipinski definition) is 2. The van der Waals surface area contributed by atoms with Crippen LogP contribution in [0.2, 0.25) is 10.0 Å². The molecule has 1 atom stereocenters. The van der Waals surface area contributed by atoms with Crippen molar-refractivity contribution in [3.63, 3.8) is 0 Å². The summed E-state index contributed by atoms with van der Waals surface area (Å²) in [6, 6.07) is 13.1. The number of rotatable bonds is 6. The lowest BCUT2D eigenvalue weighted by atomic mass is 9.76. The van der Waals surface area contributed by atoms with Crippen molar-refractivity contribution in [1.29, 1.82) is 5.26 Å². The average molecular weight is 612 g/mol. The fourth-order valence-corrected chi connectivity index (χ4v) is 6.98. The largest absolute Gasteiger partial charge is 0.384 e. The first-order valence-corrected chi connectivity index (χ1v) is 15.0. The number of nitrogens with one attached hydrogen (secondary N) is 1. The van der Waals surface area contributed by atoms with Crippen LogP contribution in [0.15, 0.2) is 63.4 Å². The molecule has 0 radical (unpaired) electrons. The van der Waals surface area contributed by atoms with E-state index < -0.39 is 5.92 Å². The summed E-state index contributed by atoms with van der Waals surface area (Å²) >= 11 is 14.9. The Bertz CT molecular complexity index is 1620. The van der Waals surface area contributed by atoms with Gasteiger partial charge in [-0.05, 0) is 55.5 Å². The lowest BCUT2D eigenvalue weighted by Crippen LogP contribution is -2.38. The molecule has 0 fully saturated rings. The number of benzene rings is 2. The number of carbonyl (C=O) groups is 2. The van der Waals surface area contributed by atoms with Gasteiger partial charge in [-0.15, -0.1) is 10.2 Å². The molecule has 3 aromatic rings. The number of anilines is 2. The van der Waals surface area contributed by atoms with Crippen molar-refractivity contribution in [2.75, 3.05) is 16.0 Å². The van der Waals surface area contributed by atoms with Crippen LogP contribution in [0.4, 0.5) is 10.8 Å². The maximum Gasteiger partial charge on any atom is 0.234 e. The number of aryl methyl sites for hydroxylation is 2. The van der Waals surface area contributed by atoms with Crippen LogP contribution >= 0.6 is 46.3 Å². The van der Waals surface area contributed by atoms with Crippen LogP contribution in [0.1, 0.15) is 41.9 Å². The van der Waals surface area contributed by atoms with Gasteiger partial charge in [0, 0.05) is 23.4 Å². The van der Waals surface area contributed by atoms with E-state index in [0.29, 0.717) is 55.6 Å². The summed E-state index contributed by atoms with van der Waals surface area (Å²) < 4.78 is 0.564. The van der Waals surface area contributed by atoms with Crippen molar-refractivity contribution in [2.45, 2.75) is 43.4 Å². The third kappa shape index (κ3) is 5.34. The van der Waals surface area contributed by atoms with Crippen LogP contribution in [0.3, 0.4) is 0 Å². The van der Waals surface area contributed by atoms with Crippen LogP contribution in [0.25, 0.3) is 0 Å². The van der Waals surface area contributed by atoms with Crippen molar-refractivity contribution in [3.8, 4) is 6.07 Å². The number of ketones is 1. The summed E-state index contributed by atoms with van der Waals surface area (Å²) in [7, 11) is 0. The molecule has 0 bridgehead atoms. The maximum absolute atomic E-state index is 13.3. The topological polar surface area (TPSA) is 125 Å². The van der Waals surface area contributed by atoms with Crippen molar-refractivity contribution in [1.82, 2.24) is 10.2 Å². The van der Waals surface area contributed by atoms with Crippen LogP contribution in [0, 0.1) is 25.2 Å². The third-order valence-electron chi connectivity index (χ3n) is 6.85. The molecule has 5 rings (SSSR count). The second kappa shape index (κ2) is 11.6. The minimum Gasteiger partial charge on any atom is -0.384 e. The monoisotopic (exact) mass is 610 g/mol. The molecule has 204 valence electrons. The summed E-state index contributed by atoms with van der Waals surface area (Å²) in [5.41, 5.74) is 11.5. The first-order valence-electron chi connectivity index (χ1n) is 12.4. The normalized spacial score (nSPS) is 17.1. The zero-order valence-corrected chi connectivity index (χ0v) is 24.8. The van der Waals surface area contributed by atoms with Gasteiger partial charge in [-0.25, -0.2) is 0 Å². The van der Waals surface area contributed by atoms with Crippen molar-refractivity contribution in [3.05, 3.63) is 85.8 Å². The number of hydrogen-bond acceptors (Lipinski definition) is 9. The molecular weight excluding hydrogens is 587 g/mol. The number of allylic oxidation sites excluding steroid dienone is 3. The highest BCUT2D eigenvalue weighted by molar-refractivity contribution is 8.01. The Morgan fingerprint density at radius 3 is 2.65 bits per heavy atom. The fourth-order valence-electron chi connectivity index (χ4n) is 5.00. The Labute approximate surface area is 249 Å². The molecule has 1 aliphatic carbocycles. The molecule has 2 aliphatic rings. The minimum absolute atomic E-state index is 0.0511. The molecule has 0 saturated heterocycles. The highest BCUT2D eigenvalue weighted by Crippen LogP contribution is 2.47. The summed E-state index contributed by atoms with van der Waals surface area (Å²) in [6.07, 6.45) is 1.60. The molecule has 40 heavy (non-hydrogen) atoms. The summed E-state index contributed by atoms with van der Waals surface area (Å²) in [4.78, 5) is 27.6. The van der Waals surface area contributed by atoms with Crippen molar-refractivity contribution < 1.29 is 9.59 Å². The highest BCUT2D eigenvalue weighted by Gasteiger charge is 2.41. The first kappa shape index (κ1) is 28.2. The number of nitrogens with zero attached hydrogens (tertiary/aromatic N) is 4. The van der Waals surface area contributed by atoms with Crippen molar-refractivity contribution in [2.24, 2.45) is 5.73 Å². The fraction of sp³-hybridized carbons (Fsp3) is 0.250. The van der Waals surface area contributed by atoms with E-state index in [4.69, 9.17) is 28.9 Å². The minimum atomic E-state index is -0.658. The Morgan fingerprint density at radius 2 is 1.95 bits per heavy atom. The number of amides is 1. The van der Waals surface area contributed by atoms with Gasteiger partial charge in [0.15, 0.2) is 10.1 Å². The molecule has 3 N–H and O–H groups in total. The molecule has 1 aliphatic heterocycles. The van der Waals surface area contributed by atoms with E-state index in [9.17, 15) is 14.9 Å². The van der Waals surface area contributed by atoms with E-state index in [1.807, 2.05) is 32.0 Å². The first-order chi connectivity index (χ1) is 19.2. The Morgan fingerprint density at radius 1 is 1.20 bits per heavy atom. The number of carbonyl (C=O) groups excluding carboxylic acids is 2. The third-order valence-corrected chi connectivity index (χ3v) is 9.63. The van der Waals surface area contributed by atoms with Crippen LogP contribution in [0.5, 0.6) is 0 Å². The van der Waals surface area contributed by atoms with Gasteiger partial charge in [0.05, 0.1) is 33.4 Å². The summed E-state index contributed by atoms with van der Waals surface area (Å²) in [5, 5.41) is 22.9. The average Bonchev–Trinajstić information content (AvgIpc) is 3.39. The van der Waals surface area contributed by atoms with E-state index >= 15 is 0 Å². The number of nitrogens with two attached hydrogens (primary N) is 1. The molecule has 1 unspecified atom stereocenters. The lowest BCUT2D eigenvalue weighted by molar-refractivity contribution is -0.116. The van der Waals surface area contributed by atoms with Crippen LogP contribution < -0.4 is 16.0 Å². The Hall–Kier alpha value is -3.36. The van der Waals surface area contributed by atoms with E-state index in [0.717, 1.165) is 16.8 Å². The zero-order valence-electron chi connectivity index (χ0n) is 21.6. The molecule has 2 aromatic carbocycles. The number of nitriles is 1. The lowest BCUT2D eigenvalue weighted by Gasteiger charge is -2.38. The second-order valence-corrected chi connectivity index (χ2v) is 12.4. The highest BCUT2D eigenvalue weighted by atomic mass is 35.5. The van der Waals surface area contributed by atoms with E-state index in [1.165, 1.54) is 23.1 Å². The molecule has 0 spiro atoms. The molecule has 12 heteroatoms. The van der Waals surface area contributed by atoms with Gasteiger partial charge in [-0.1, -0.05) is 70.6 Å². The predicted octanol–water partition coefficient (Wildman–Crippen LogP) is 6.50. The van der Waals surface area contributed by atoms with Crippen LogP contribution in [-0.2, 0) is 9.59 Å². The summed E-state index contributed by atoms with van der Waals surface area (Å²) in [6.45, 7) is 3.90. The number of para-hydroxylation sites is 1. The predicted molar refractivity (Wildman–Crippen MR) is 160 cm³/mol. The Balaban J connectivity index is 1.43. The van der Waals surface area contributed by atoms with Gasteiger partial charge in [0.2, 0.25) is 11.0 Å². The molecule has 0 saturated carbocycles. The molecule has 1 aromatic heterocycles. The van der Waals surface area contributed by atoms with E-state index in [1.54, 1.807) is 23.1 Å². The molecule has 1 amide bonds. The number of aromatic nitrogens is 2. The quantitative estimate of drug-likeness (QED) is 0.303. The smallest absolute Gasteiger partial charge is 0.234 e. The van der Waals surface area contributed by atoms with Crippen molar-refractivity contribution >= 4 is 68.8 Å². The van der Waals surface area contributed by atoms with Gasteiger partial charge >= 0.3 is 0 Å². The van der Waals surface area contributed by atoms with Crippen LogP contribution in [-0.4, -0.2) is 27.6 Å². The standard InChI is InChI=1S/C28H24Cl2N6O2S2/c1-14-5-3-6-15(2)25(14)33-22(38)13-39-28-35-34-27(40-28)36-20-7-4-8-21(37)24(20)23(17(12-31)26(36)32)16-9-10-18(29)19(30)11-16/h3,5-6,9-11,23H,4,7-8,13,32H2,1-2H3,(H,33,38). The SMILES string of the molecule is Cc1cccc(C)c1NC(=O)CSc1nnc(N2C(N)=C(C#N)C(c3ccc(Cl)c(Cl)c3)C3=C2CCCC3=O)s1. The molecular formula is C28H24Cl2N6O2S2. The van der Waals surface area contributed by atoms with Gasteiger partial charge < -0.3 is 11.1 Å². The number of halogens is 2. The molecule has 8 nitrogen and oxygen atoms in total. The second-order valence-electron chi connectivity index (χ2n) is 9.44. The maximum atomic E-state index is 13.3. The van der Waals surface area contributed by atoms with Gasteiger partial charge in [0.25, 0.3) is 0 Å². The van der Waals surface area contributed by atoms with E-state index in [-0.39, 0.29) is 28.8 Å². The molecule has 2 heterocycles. The van der Waals surface area contributed by atoms with Gasteiger partial charge in [-0.2, -0.15) is 5.26 Å². The van der Waals surface area contributed by atoms with Gasteiger partial charge in [0.1, 0.15) is 5.82 Å². The number of Topliss-reactive ketones (excluding diaryl/α,β-unsaturated/α-hetero) is 1. The zero-order chi connectivity index (χ0) is 28.6. The van der Waals surface area contributed by atoms with Gasteiger partial charge in [-0.3, -0.25) is 14.5 Å². The Kier molecular flexibility index (Phi) is 8.19. The van der Waals surface area contributed by atoms with E-state index in [2.05, 4.69) is 21.6 Å². The number of thioether (sulfide) groups is 1.